The SMILES string of the molecule is CC1COC(CO)CN1S(=O)(=O)c1ccc(C(N)=S)cc1. The lowest BCUT2D eigenvalue weighted by Gasteiger charge is -2.36. The summed E-state index contributed by atoms with van der Waals surface area (Å²) in [5.74, 6) is 0. The third-order valence-corrected chi connectivity index (χ3v) is 5.63. The van der Waals surface area contributed by atoms with Gasteiger partial charge in [-0.1, -0.05) is 24.4 Å². The highest BCUT2D eigenvalue weighted by Gasteiger charge is 2.35. The van der Waals surface area contributed by atoms with E-state index in [9.17, 15) is 8.42 Å². The summed E-state index contributed by atoms with van der Waals surface area (Å²) in [6.07, 6.45) is -0.494. The quantitative estimate of drug-likeness (QED) is 0.760. The maximum atomic E-state index is 12.7. The molecule has 1 saturated heterocycles. The van der Waals surface area contributed by atoms with Gasteiger partial charge in [0.05, 0.1) is 24.2 Å². The molecule has 1 aliphatic heterocycles. The summed E-state index contributed by atoms with van der Waals surface area (Å²) in [7, 11) is -3.64. The second kappa shape index (κ2) is 6.37. The Hall–Kier alpha value is -1.06. The van der Waals surface area contributed by atoms with Crippen molar-refractivity contribution in [2.45, 2.75) is 24.0 Å². The van der Waals surface area contributed by atoms with E-state index in [1.807, 2.05) is 0 Å². The Morgan fingerprint density at radius 1 is 1.48 bits per heavy atom. The molecule has 0 bridgehead atoms. The third kappa shape index (κ3) is 3.41. The zero-order valence-corrected chi connectivity index (χ0v) is 13.2. The summed E-state index contributed by atoms with van der Waals surface area (Å²) in [6, 6.07) is 5.86. The molecule has 2 atom stereocenters. The molecule has 6 nitrogen and oxygen atoms in total. The lowest BCUT2D eigenvalue weighted by atomic mass is 10.2. The van der Waals surface area contributed by atoms with E-state index in [0.717, 1.165) is 0 Å². The van der Waals surface area contributed by atoms with Crippen LogP contribution in [0.15, 0.2) is 29.2 Å². The topological polar surface area (TPSA) is 92.9 Å². The zero-order valence-electron chi connectivity index (χ0n) is 11.6. The highest BCUT2D eigenvalue weighted by atomic mass is 32.2. The standard InChI is InChI=1S/C13H18N2O4S2/c1-9-8-19-11(7-16)6-15(9)21(17,18)12-4-2-10(3-5-12)13(14)20/h2-5,9,11,16H,6-8H2,1H3,(H2,14,20). The van der Waals surface area contributed by atoms with Crippen LogP contribution in [0.1, 0.15) is 12.5 Å². The van der Waals surface area contributed by atoms with Gasteiger partial charge in [0.25, 0.3) is 0 Å². The summed E-state index contributed by atoms with van der Waals surface area (Å²) >= 11 is 4.85. The number of morpholine rings is 1. The van der Waals surface area contributed by atoms with Crippen LogP contribution in [-0.2, 0) is 14.8 Å². The monoisotopic (exact) mass is 330 g/mol. The van der Waals surface area contributed by atoms with Gasteiger partial charge in [0, 0.05) is 18.2 Å². The second-order valence-electron chi connectivity index (χ2n) is 4.95. The Kier molecular flexibility index (Phi) is 4.95. The average Bonchev–Trinajstić information content (AvgIpc) is 2.47. The van der Waals surface area contributed by atoms with Crippen LogP contribution in [0.3, 0.4) is 0 Å². The maximum absolute atomic E-state index is 12.7. The molecule has 1 fully saturated rings. The summed E-state index contributed by atoms with van der Waals surface area (Å²) in [6.45, 7) is 1.96. The largest absolute Gasteiger partial charge is 0.394 e. The number of thiocarbonyl (C=S) groups is 1. The number of hydrogen-bond donors (Lipinski definition) is 2. The number of aliphatic hydroxyl groups excluding tert-OH is 1. The fourth-order valence-electron chi connectivity index (χ4n) is 2.16. The van der Waals surface area contributed by atoms with E-state index in [2.05, 4.69) is 0 Å². The van der Waals surface area contributed by atoms with Crippen LogP contribution in [0.25, 0.3) is 0 Å². The number of nitrogens with zero attached hydrogens (tertiary/aromatic N) is 1. The Morgan fingerprint density at radius 3 is 2.62 bits per heavy atom. The molecule has 2 rings (SSSR count). The van der Waals surface area contributed by atoms with Crippen LogP contribution >= 0.6 is 12.2 Å². The molecule has 0 radical (unpaired) electrons. The third-order valence-electron chi connectivity index (χ3n) is 3.40. The van der Waals surface area contributed by atoms with Gasteiger partial charge in [0.15, 0.2) is 0 Å². The number of benzene rings is 1. The van der Waals surface area contributed by atoms with E-state index < -0.39 is 16.1 Å². The highest BCUT2D eigenvalue weighted by molar-refractivity contribution is 7.89. The van der Waals surface area contributed by atoms with Gasteiger partial charge in [-0.05, 0) is 19.1 Å². The van der Waals surface area contributed by atoms with Gasteiger partial charge in [0.1, 0.15) is 4.99 Å². The van der Waals surface area contributed by atoms with Gasteiger partial charge in [0.2, 0.25) is 10.0 Å². The van der Waals surface area contributed by atoms with Gasteiger partial charge in [-0.2, -0.15) is 4.31 Å². The molecule has 3 N–H and O–H groups in total. The van der Waals surface area contributed by atoms with Gasteiger partial charge < -0.3 is 15.6 Å². The van der Waals surface area contributed by atoms with Crippen molar-refractivity contribution in [2.24, 2.45) is 5.73 Å². The zero-order chi connectivity index (χ0) is 15.6. The molecule has 1 heterocycles. The first kappa shape index (κ1) is 16.3. The Balaban J connectivity index is 2.29. The molecule has 0 aliphatic carbocycles. The molecule has 0 saturated carbocycles. The fraction of sp³-hybridized carbons (Fsp3) is 0.462. The van der Waals surface area contributed by atoms with Crippen molar-refractivity contribution in [3.8, 4) is 0 Å². The minimum Gasteiger partial charge on any atom is -0.394 e. The van der Waals surface area contributed by atoms with Crippen molar-refractivity contribution < 1.29 is 18.3 Å². The molecule has 1 aromatic carbocycles. The molecule has 0 amide bonds. The number of ether oxygens (including phenoxy) is 1. The van der Waals surface area contributed by atoms with Crippen LogP contribution in [0.2, 0.25) is 0 Å². The molecule has 0 aromatic heterocycles. The summed E-state index contributed by atoms with van der Waals surface area (Å²) in [5.41, 5.74) is 6.12. The van der Waals surface area contributed by atoms with Crippen molar-refractivity contribution >= 4 is 27.2 Å². The lowest BCUT2D eigenvalue weighted by molar-refractivity contribution is -0.0516. The van der Waals surface area contributed by atoms with Gasteiger partial charge in [-0.15, -0.1) is 0 Å². The van der Waals surface area contributed by atoms with Gasteiger partial charge >= 0.3 is 0 Å². The molecule has 116 valence electrons. The van der Waals surface area contributed by atoms with E-state index >= 15 is 0 Å². The Morgan fingerprint density at radius 2 is 2.10 bits per heavy atom. The number of aliphatic hydroxyl groups is 1. The summed E-state index contributed by atoms with van der Waals surface area (Å²) in [4.78, 5) is 0.395. The first-order chi connectivity index (χ1) is 9.86. The van der Waals surface area contributed by atoms with E-state index in [0.29, 0.717) is 5.56 Å². The summed E-state index contributed by atoms with van der Waals surface area (Å²) in [5, 5.41) is 9.15. The van der Waals surface area contributed by atoms with Crippen LogP contribution in [0.5, 0.6) is 0 Å². The Labute approximate surface area is 129 Å². The molecular formula is C13H18N2O4S2. The number of sulfonamides is 1. The minimum atomic E-state index is -3.64. The predicted molar refractivity (Wildman–Crippen MR) is 82.5 cm³/mol. The molecule has 1 aliphatic rings. The molecule has 21 heavy (non-hydrogen) atoms. The van der Waals surface area contributed by atoms with Crippen LogP contribution in [0, 0.1) is 0 Å². The van der Waals surface area contributed by atoms with Crippen LogP contribution in [0.4, 0.5) is 0 Å². The summed E-state index contributed by atoms with van der Waals surface area (Å²) < 4.78 is 32.0. The maximum Gasteiger partial charge on any atom is 0.243 e. The predicted octanol–water partition coefficient (Wildman–Crippen LogP) is 0.0911. The highest BCUT2D eigenvalue weighted by Crippen LogP contribution is 2.22. The van der Waals surface area contributed by atoms with Crippen molar-refractivity contribution in [3.63, 3.8) is 0 Å². The second-order valence-corrected chi connectivity index (χ2v) is 7.28. The number of rotatable bonds is 4. The van der Waals surface area contributed by atoms with Crippen molar-refractivity contribution in [2.75, 3.05) is 19.8 Å². The number of nitrogens with two attached hydrogens (primary N) is 1. The van der Waals surface area contributed by atoms with Crippen molar-refractivity contribution in [1.82, 2.24) is 4.31 Å². The molecule has 0 spiro atoms. The molecule has 2 unspecified atom stereocenters. The normalized spacial score (nSPS) is 23.9. The first-order valence-electron chi connectivity index (χ1n) is 6.50. The van der Waals surface area contributed by atoms with Gasteiger partial charge in [-0.3, -0.25) is 0 Å². The number of hydrogen-bond acceptors (Lipinski definition) is 5. The van der Waals surface area contributed by atoms with E-state index in [4.69, 9.17) is 27.8 Å². The molecule has 1 aromatic rings. The van der Waals surface area contributed by atoms with E-state index in [-0.39, 0.29) is 35.7 Å². The lowest BCUT2D eigenvalue weighted by Crippen LogP contribution is -2.51. The van der Waals surface area contributed by atoms with Crippen LogP contribution < -0.4 is 5.73 Å². The fourth-order valence-corrected chi connectivity index (χ4v) is 3.95. The van der Waals surface area contributed by atoms with E-state index in [1.54, 1.807) is 19.1 Å². The van der Waals surface area contributed by atoms with E-state index in [1.165, 1.54) is 16.4 Å². The van der Waals surface area contributed by atoms with Crippen LogP contribution in [-0.4, -0.2) is 54.7 Å². The smallest absolute Gasteiger partial charge is 0.243 e. The van der Waals surface area contributed by atoms with Gasteiger partial charge in [-0.25, -0.2) is 8.42 Å². The molecular weight excluding hydrogens is 312 g/mol. The Bertz CT molecular complexity index is 616. The minimum absolute atomic E-state index is 0.136. The van der Waals surface area contributed by atoms with Crippen molar-refractivity contribution in [1.29, 1.82) is 0 Å². The first-order valence-corrected chi connectivity index (χ1v) is 8.35. The van der Waals surface area contributed by atoms with Crippen molar-refractivity contribution in [3.05, 3.63) is 29.8 Å². The molecule has 8 heteroatoms. The average molecular weight is 330 g/mol.